The summed E-state index contributed by atoms with van der Waals surface area (Å²) in [7, 11) is 6.46. The van der Waals surface area contributed by atoms with Gasteiger partial charge in [-0.2, -0.15) is 0 Å². The zero-order valence-electron chi connectivity index (χ0n) is 20.4. The first-order valence-corrected chi connectivity index (χ1v) is 11.4. The van der Waals surface area contributed by atoms with Crippen molar-refractivity contribution in [2.75, 3.05) is 28.2 Å². The highest BCUT2D eigenvalue weighted by atomic mass is 16.6. The van der Waals surface area contributed by atoms with E-state index in [1.54, 1.807) is 28.2 Å². The fourth-order valence-electron chi connectivity index (χ4n) is 3.74. The molecule has 1 heterocycles. The van der Waals surface area contributed by atoms with E-state index in [0.717, 1.165) is 11.1 Å². The van der Waals surface area contributed by atoms with E-state index in [1.807, 2.05) is 60.7 Å². The van der Waals surface area contributed by atoms with Gasteiger partial charge in [0.15, 0.2) is 12.2 Å². The van der Waals surface area contributed by atoms with Gasteiger partial charge in [-0.1, -0.05) is 60.7 Å². The van der Waals surface area contributed by atoms with E-state index in [0.29, 0.717) is 12.8 Å². The van der Waals surface area contributed by atoms with Crippen molar-refractivity contribution in [2.24, 2.45) is 0 Å². The van der Waals surface area contributed by atoms with Crippen LogP contribution in [-0.2, 0) is 36.8 Å². The predicted molar refractivity (Wildman–Crippen MR) is 130 cm³/mol. The maximum absolute atomic E-state index is 12.8. The van der Waals surface area contributed by atoms with Gasteiger partial charge >= 0.3 is 0 Å². The Hall–Kier alpha value is -3.72. The number of carbonyl (C=O) groups is 4. The second-order valence-corrected chi connectivity index (χ2v) is 8.94. The lowest BCUT2D eigenvalue weighted by Gasteiger charge is -2.22. The van der Waals surface area contributed by atoms with Crippen LogP contribution in [0.5, 0.6) is 0 Å². The molecule has 2 aromatic rings. The Balaban J connectivity index is 1.62. The lowest BCUT2D eigenvalue weighted by molar-refractivity contribution is -0.135. The van der Waals surface area contributed by atoms with Crippen LogP contribution in [0.2, 0.25) is 0 Å². The Morgan fingerprint density at radius 1 is 0.686 bits per heavy atom. The number of nitrogens with zero attached hydrogens (tertiary/aromatic N) is 2. The van der Waals surface area contributed by atoms with Crippen molar-refractivity contribution in [3.8, 4) is 0 Å². The summed E-state index contributed by atoms with van der Waals surface area (Å²) in [5.41, 5.74) is 1.79. The molecule has 0 aromatic heterocycles. The molecule has 9 heteroatoms. The van der Waals surface area contributed by atoms with Crippen molar-refractivity contribution < 1.29 is 23.9 Å². The maximum Gasteiger partial charge on any atom is 0.253 e. The van der Waals surface area contributed by atoms with E-state index in [9.17, 15) is 19.2 Å². The van der Waals surface area contributed by atoms with E-state index in [2.05, 4.69) is 10.6 Å². The summed E-state index contributed by atoms with van der Waals surface area (Å²) >= 11 is 0. The molecule has 2 aromatic carbocycles. The fraction of sp³-hybridized carbons (Fsp3) is 0.385. The van der Waals surface area contributed by atoms with Crippen LogP contribution in [0.4, 0.5) is 0 Å². The van der Waals surface area contributed by atoms with Crippen molar-refractivity contribution in [1.29, 1.82) is 0 Å². The molecule has 0 bridgehead atoms. The van der Waals surface area contributed by atoms with Crippen molar-refractivity contribution >= 4 is 23.6 Å². The van der Waals surface area contributed by atoms with E-state index < -0.39 is 36.1 Å². The summed E-state index contributed by atoms with van der Waals surface area (Å²) in [6.07, 6.45) is -1.42. The van der Waals surface area contributed by atoms with Crippen LogP contribution in [-0.4, -0.2) is 85.9 Å². The molecule has 1 aliphatic rings. The van der Waals surface area contributed by atoms with Gasteiger partial charge in [-0.25, -0.2) is 0 Å². The number of amides is 4. The zero-order valence-corrected chi connectivity index (χ0v) is 20.4. The molecular weight excluding hydrogens is 448 g/mol. The van der Waals surface area contributed by atoms with Gasteiger partial charge in [0.1, 0.15) is 12.1 Å². The molecule has 3 rings (SSSR count). The Morgan fingerprint density at radius 2 is 1.03 bits per heavy atom. The Bertz CT molecular complexity index is 959. The van der Waals surface area contributed by atoms with Gasteiger partial charge in [-0.05, 0) is 11.1 Å². The predicted octanol–water partition coefficient (Wildman–Crippen LogP) is 0.385. The third-order valence-corrected chi connectivity index (χ3v) is 5.68. The quantitative estimate of drug-likeness (QED) is 0.478. The van der Waals surface area contributed by atoms with Crippen LogP contribution in [0.1, 0.15) is 11.1 Å². The fourth-order valence-corrected chi connectivity index (χ4v) is 3.74. The van der Waals surface area contributed by atoms with Gasteiger partial charge in [-0.15, -0.1) is 0 Å². The molecular formula is C26H32N4O5. The first-order valence-electron chi connectivity index (χ1n) is 11.4. The van der Waals surface area contributed by atoms with Gasteiger partial charge in [0.05, 0.1) is 0 Å². The van der Waals surface area contributed by atoms with Crippen LogP contribution in [0, 0.1) is 0 Å². The minimum absolute atomic E-state index is 0.261. The van der Waals surface area contributed by atoms with Gasteiger partial charge in [0.2, 0.25) is 11.8 Å². The van der Waals surface area contributed by atoms with Gasteiger partial charge in [-0.3, -0.25) is 19.2 Å². The SMILES string of the molecule is CN(C)C(=O)[C@H](Cc1ccccc1)NC(=O)C1OC1C(=O)N[C@H](Cc1ccccc1)C(=O)N(C)C. The number of ether oxygens (including phenoxy) is 1. The van der Waals surface area contributed by atoms with E-state index in [4.69, 9.17) is 4.74 Å². The number of epoxide rings is 1. The lowest BCUT2D eigenvalue weighted by Crippen LogP contribution is -2.51. The van der Waals surface area contributed by atoms with Crippen molar-refractivity contribution in [3.63, 3.8) is 0 Å². The number of hydrogen-bond donors (Lipinski definition) is 2. The highest BCUT2D eigenvalue weighted by Gasteiger charge is 2.51. The normalized spacial score (nSPS) is 18.1. The van der Waals surface area contributed by atoms with Crippen LogP contribution < -0.4 is 10.6 Å². The van der Waals surface area contributed by atoms with Crippen LogP contribution in [0.15, 0.2) is 60.7 Å². The number of benzene rings is 2. The molecule has 35 heavy (non-hydrogen) atoms. The monoisotopic (exact) mass is 480 g/mol. The molecule has 1 saturated heterocycles. The van der Waals surface area contributed by atoms with Crippen molar-refractivity contribution in [1.82, 2.24) is 20.4 Å². The zero-order chi connectivity index (χ0) is 25.5. The van der Waals surface area contributed by atoms with E-state index in [-0.39, 0.29) is 11.8 Å². The van der Waals surface area contributed by atoms with Gasteiger partial charge < -0.3 is 25.2 Å². The van der Waals surface area contributed by atoms with Crippen molar-refractivity contribution in [3.05, 3.63) is 71.8 Å². The number of hydrogen-bond acceptors (Lipinski definition) is 5. The molecule has 1 aliphatic heterocycles. The average molecular weight is 481 g/mol. The number of carbonyl (C=O) groups excluding carboxylic acids is 4. The summed E-state index contributed by atoms with van der Waals surface area (Å²) in [5.74, 6) is -1.61. The topological polar surface area (TPSA) is 111 Å². The van der Waals surface area contributed by atoms with Crippen LogP contribution in [0.25, 0.3) is 0 Å². The molecule has 4 atom stereocenters. The molecule has 2 unspecified atom stereocenters. The highest BCUT2D eigenvalue weighted by molar-refractivity contribution is 5.98. The van der Waals surface area contributed by atoms with E-state index >= 15 is 0 Å². The minimum atomic E-state index is -1.02. The standard InChI is InChI=1S/C26H32N4O5/c1-29(2)25(33)19(15-17-11-7-5-8-12-17)27-23(31)21-22(35-21)24(32)28-20(26(34)30(3)4)16-18-13-9-6-10-14-18/h5-14,19-22H,15-16H2,1-4H3,(H,27,31)(H,28,32)/t19-,20+,21?,22?. The molecule has 1 fully saturated rings. The molecule has 9 nitrogen and oxygen atoms in total. The number of likely N-dealkylation sites (N-methyl/N-ethyl adjacent to an activating group) is 2. The largest absolute Gasteiger partial charge is 0.349 e. The summed E-state index contributed by atoms with van der Waals surface area (Å²) in [4.78, 5) is 53.7. The van der Waals surface area contributed by atoms with Crippen LogP contribution >= 0.6 is 0 Å². The molecule has 0 aliphatic carbocycles. The second kappa shape index (κ2) is 11.6. The van der Waals surface area contributed by atoms with Gasteiger partial charge in [0.25, 0.3) is 11.8 Å². The van der Waals surface area contributed by atoms with Crippen LogP contribution in [0.3, 0.4) is 0 Å². The second-order valence-electron chi connectivity index (χ2n) is 8.94. The average Bonchev–Trinajstić information content (AvgIpc) is 3.65. The first-order chi connectivity index (χ1) is 16.7. The molecule has 186 valence electrons. The Morgan fingerprint density at radius 3 is 1.34 bits per heavy atom. The molecule has 4 amide bonds. The summed E-state index contributed by atoms with van der Waals surface area (Å²) in [5, 5.41) is 5.43. The Labute approximate surface area is 205 Å². The summed E-state index contributed by atoms with van der Waals surface area (Å²) in [6, 6.07) is 17.1. The third-order valence-electron chi connectivity index (χ3n) is 5.68. The Kier molecular flexibility index (Phi) is 8.59. The molecule has 0 spiro atoms. The molecule has 0 saturated carbocycles. The maximum atomic E-state index is 12.8. The first kappa shape index (κ1) is 25.9. The van der Waals surface area contributed by atoms with E-state index in [1.165, 1.54) is 9.80 Å². The third kappa shape index (κ3) is 7.13. The lowest BCUT2D eigenvalue weighted by atomic mass is 10.0. The molecule has 0 radical (unpaired) electrons. The minimum Gasteiger partial charge on any atom is -0.349 e. The number of nitrogens with one attached hydrogen (secondary N) is 2. The smallest absolute Gasteiger partial charge is 0.253 e. The molecule has 2 N–H and O–H groups in total. The number of rotatable bonds is 10. The van der Waals surface area contributed by atoms with Gasteiger partial charge in [0, 0.05) is 41.0 Å². The highest BCUT2D eigenvalue weighted by Crippen LogP contribution is 2.23. The van der Waals surface area contributed by atoms with Crippen molar-refractivity contribution in [2.45, 2.75) is 37.1 Å². The summed E-state index contributed by atoms with van der Waals surface area (Å²) in [6.45, 7) is 0. The summed E-state index contributed by atoms with van der Waals surface area (Å²) < 4.78 is 5.35.